The van der Waals surface area contributed by atoms with Crippen molar-refractivity contribution in [2.75, 3.05) is 27.2 Å². The number of carbonyl (C=O) groups is 2. The molecule has 0 bridgehead atoms. The molecule has 2 amide bonds. The van der Waals surface area contributed by atoms with Crippen molar-refractivity contribution in [2.24, 2.45) is 0 Å². The normalized spacial score (nSPS) is 24.2. The highest BCUT2D eigenvalue weighted by Gasteiger charge is 2.38. The molecule has 0 aromatic rings. The number of nitrogens with one attached hydrogen (secondary N) is 2. The minimum absolute atomic E-state index is 0.0531. The number of carbonyl (C=O) groups excluding carboxylic acids is 2. The van der Waals surface area contributed by atoms with Crippen LogP contribution in [0.5, 0.6) is 0 Å². The Balaban J connectivity index is 2.48. The zero-order chi connectivity index (χ0) is 12.2. The van der Waals surface area contributed by atoms with Crippen LogP contribution in [0.1, 0.15) is 26.2 Å². The lowest BCUT2D eigenvalue weighted by Crippen LogP contribution is -2.54. The standard InChI is InChI=1S/C11H21N3O2/c1-4-11(6-5-7-13-11)10(16)12-8-9(15)14(2)3/h13H,4-8H2,1-3H3,(H,12,16). The first kappa shape index (κ1) is 13.0. The first-order chi connectivity index (χ1) is 7.52. The van der Waals surface area contributed by atoms with Crippen LogP contribution in [-0.4, -0.2) is 49.4 Å². The summed E-state index contributed by atoms with van der Waals surface area (Å²) in [7, 11) is 3.36. The second-order valence-electron chi connectivity index (χ2n) is 4.44. The highest BCUT2D eigenvalue weighted by atomic mass is 16.2. The fourth-order valence-corrected chi connectivity index (χ4v) is 1.95. The molecule has 1 rings (SSSR count). The summed E-state index contributed by atoms with van der Waals surface area (Å²) >= 11 is 0. The summed E-state index contributed by atoms with van der Waals surface area (Å²) in [5.74, 6) is -0.139. The third-order valence-electron chi connectivity index (χ3n) is 3.18. The zero-order valence-electron chi connectivity index (χ0n) is 10.3. The van der Waals surface area contributed by atoms with E-state index >= 15 is 0 Å². The first-order valence-corrected chi connectivity index (χ1v) is 5.75. The van der Waals surface area contributed by atoms with Gasteiger partial charge in [0, 0.05) is 14.1 Å². The molecule has 1 saturated heterocycles. The molecule has 5 heteroatoms. The van der Waals surface area contributed by atoms with E-state index in [0.29, 0.717) is 0 Å². The van der Waals surface area contributed by atoms with E-state index in [9.17, 15) is 9.59 Å². The van der Waals surface area contributed by atoms with Crippen LogP contribution in [0.4, 0.5) is 0 Å². The molecule has 0 spiro atoms. The quantitative estimate of drug-likeness (QED) is 0.694. The average Bonchev–Trinajstić information content (AvgIpc) is 2.74. The van der Waals surface area contributed by atoms with E-state index in [4.69, 9.17) is 0 Å². The molecule has 1 fully saturated rings. The molecule has 92 valence electrons. The van der Waals surface area contributed by atoms with Gasteiger partial charge in [0.2, 0.25) is 11.8 Å². The number of nitrogens with zero attached hydrogens (tertiary/aromatic N) is 1. The molecule has 0 radical (unpaired) electrons. The smallest absolute Gasteiger partial charge is 0.241 e. The van der Waals surface area contributed by atoms with E-state index in [1.54, 1.807) is 14.1 Å². The van der Waals surface area contributed by atoms with Gasteiger partial charge in [0.1, 0.15) is 0 Å². The molecule has 1 atom stereocenters. The van der Waals surface area contributed by atoms with Crippen molar-refractivity contribution in [3.8, 4) is 0 Å². The SMILES string of the molecule is CCC1(C(=O)NCC(=O)N(C)C)CCCN1. The Morgan fingerprint density at radius 3 is 2.56 bits per heavy atom. The molecule has 0 aromatic heterocycles. The lowest BCUT2D eigenvalue weighted by Gasteiger charge is -2.26. The van der Waals surface area contributed by atoms with Gasteiger partial charge in [-0.1, -0.05) is 6.92 Å². The summed E-state index contributed by atoms with van der Waals surface area (Å²) in [6.07, 6.45) is 2.63. The van der Waals surface area contributed by atoms with E-state index in [0.717, 1.165) is 25.8 Å². The minimum atomic E-state index is -0.452. The van der Waals surface area contributed by atoms with Crippen LogP contribution in [0.25, 0.3) is 0 Å². The van der Waals surface area contributed by atoms with Gasteiger partial charge < -0.3 is 15.5 Å². The molecule has 5 nitrogen and oxygen atoms in total. The molecular weight excluding hydrogens is 206 g/mol. The van der Waals surface area contributed by atoms with Gasteiger partial charge in [-0.2, -0.15) is 0 Å². The highest BCUT2D eigenvalue weighted by Crippen LogP contribution is 2.22. The fraction of sp³-hybridized carbons (Fsp3) is 0.818. The van der Waals surface area contributed by atoms with Gasteiger partial charge >= 0.3 is 0 Å². The highest BCUT2D eigenvalue weighted by molar-refractivity contribution is 5.90. The molecule has 0 aromatic carbocycles. The Labute approximate surface area is 96.6 Å². The molecule has 1 heterocycles. The Morgan fingerprint density at radius 1 is 1.44 bits per heavy atom. The van der Waals surface area contributed by atoms with Crippen molar-refractivity contribution in [1.82, 2.24) is 15.5 Å². The van der Waals surface area contributed by atoms with Gasteiger partial charge in [-0.3, -0.25) is 9.59 Å². The van der Waals surface area contributed by atoms with E-state index in [2.05, 4.69) is 10.6 Å². The summed E-state index contributed by atoms with van der Waals surface area (Å²) in [6.45, 7) is 2.95. The minimum Gasteiger partial charge on any atom is -0.347 e. The van der Waals surface area contributed by atoms with Crippen LogP contribution in [-0.2, 0) is 9.59 Å². The molecule has 0 saturated carbocycles. The monoisotopic (exact) mass is 227 g/mol. The number of rotatable bonds is 4. The van der Waals surface area contributed by atoms with Crippen LogP contribution in [0.15, 0.2) is 0 Å². The maximum absolute atomic E-state index is 12.0. The van der Waals surface area contributed by atoms with E-state index in [-0.39, 0.29) is 18.4 Å². The van der Waals surface area contributed by atoms with Crippen LogP contribution < -0.4 is 10.6 Å². The summed E-state index contributed by atoms with van der Waals surface area (Å²) in [6, 6.07) is 0. The number of amides is 2. The third-order valence-corrected chi connectivity index (χ3v) is 3.18. The van der Waals surface area contributed by atoms with Crippen molar-refractivity contribution in [2.45, 2.75) is 31.7 Å². The number of hydrogen-bond acceptors (Lipinski definition) is 3. The summed E-state index contributed by atoms with van der Waals surface area (Å²) < 4.78 is 0. The Morgan fingerprint density at radius 2 is 2.12 bits per heavy atom. The molecule has 0 aliphatic carbocycles. The van der Waals surface area contributed by atoms with Crippen molar-refractivity contribution < 1.29 is 9.59 Å². The van der Waals surface area contributed by atoms with Gasteiger partial charge in [-0.15, -0.1) is 0 Å². The summed E-state index contributed by atoms with van der Waals surface area (Å²) in [4.78, 5) is 24.8. The molecule has 2 N–H and O–H groups in total. The predicted octanol–water partition coefficient (Wildman–Crippen LogP) is -0.277. The van der Waals surface area contributed by atoms with Gasteiger partial charge in [-0.25, -0.2) is 0 Å². The topological polar surface area (TPSA) is 61.4 Å². The Hall–Kier alpha value is -1.10. The summed E-state index contributed by atoms with van der Waals surface area (Å²) in [5, 5.41) is 5.94. The fourth-order valence-electron chi connectivity index (χ4n) is 1.95. The molecule has 1 aliphatic rings. The maximum Gasteiger partial charge on any atom is 0.241 e. The largest absolute Gasteiger partial charge is 0.347 e. The Kier molecular flexibility index (Phi) is 4.29. The lowest BCUT2D eigenvalue weighted by molar-refractivity contribution is -0.133. The van der Waals surface area contributed by atoms with E-state index < -0.39 is 5.54 Å². The lowest BCUT2D eigenvalue weighted by atomic mass is 9.93. The predicted molar refractivity (Wildman–Crippen MR) is 62.0 cm³/mol. The van der Waals surface area contributed by atoms with Gasteiger partial charge in [0.05, 0.1) is 12.1 Å². The van der Waals surface area contributed by atoms with Gasteiger partial charge in [0.25, 0.3) is 0 Å². The van der Waals surface area contributed by atoms with Crippen molar-refractivity contribution >= 4 is 11.8 Å². The second kappa shape index (κ2) is 5.30. The number of hydrogen-bond donors (Lipinski definition) is 2. The van der Waals surface area contributed by atoms with E-state index in [1.807, 2.05) is 6.92 Å². The average molecular weight is 227 g/mol. The van der Waals surface area contributed by atoms with E-state index in [1.165, 1.54) is 4.90 Å². The van der Waals surface area contributed by atoms with Crippen molar-refractivity contribution in [3.05, 3.63) is 0 Å². The summed E-state index contributed by atoms with van der Waals surface area (Å²) in [5.41, 5.74) is -0.452. The number of likely N-dealkylation sites (N-methyl/N-ethyl adjacent to an activating group) is 1. The first-order valence-electron chi connectivity index (χ1n) is 5.75. The molecule has 16 heavy (non-hydrogen) atoms. The van der Waals surface area contributed by atoms with Crippen LogP contribution in [0.2, 0.25) is 0 Å². The van der Waals surface area contributed by atoms with Crippen LogP contribution >= 0.6 is 0 Å². The van der Waals surface area contributed by atoms with Gasteiger partial charge in [0.15, 0.2) is 0 Å². The maximum atomic E-state index is 12.0. The van der Waals surface area contributed by atoms with Crippen LogP contribution in [0.3, 0.4) is 0 Å². The molecule has 1 unspecified atom stereocenters. The van der Waals surface area contributed by atoms with Crippen molar-refractivity contribution in [3.63, 3.8) is 0 Å². The zero-order valence-corrected chi connectivity index (χ0v) is 10.3. The second-order valence-corrected chi connectivity index (χ2v) is 4.44. The Bertz CT molecular complexity index is 270. The molecule has 1 aliphatic heterocycles. The third kappa shape index (κ3) is 2.72. The van der Waals surface area contributed by atoms with Gasteiger partial charge in [-0.05, 0) is 25.8 Å². The van der Waals surface area contributed by atoms with Crippen LogP contribution in [0, 0.1) is 0 Å². The molecular formula is C11H21N3O2. The van der Waals surface area contributed by atoms with Crippen molar-refractivity contribution in [1.29, 1.82) is 0 Å².